The maximum atomic E-state index is 13.9. The van der Waals surface area contributed by atoms with Crippen LogP contribution in [0.2, 0.25) is 5.02 Å². The Hall–Kier alpha value is -3.50. The average Bonchev–Trinajstić information content (AvgIpc) is 2.89. The van der Waals surface area contributed by atoms with E-state index in [4.69, 9.17) is 11.6 Å². The van der Waals surface area contributed by atoms with Gasteiger partial charge < -0.3 is 10.2 Å². The lowest BCUT2D eigenvalue weighted by molar-refractivity contribution is -0.142. The van der Waals surface area contributed by atoms with Gasteiger partial charge in [0.2, 0.25) is 21.8 Å². The summed E-state index contributed by atoms with van der Waals surface area (Å²) in [6.45, 7) is 5.49. The van der Waals surface area contributed by atoms with Gasteiger partial charge in [-0.25, -0.2) is 17.2 Å². The van der Waals surface area contributed by atoms with Crippen molar-refractivity contribution in [2.24, 2.45) is 0 Å². The van der Waals surface area contributed by atoms with E-state index in [1.807, 2.05) is 57.2 Å². The highest BCUT2D eigenvalue weighted by molar-refractivity contribution is 7.92. The quantitative estimate of drug-likeness (QED) is 0.281. The van der Waals surface area contributed by atoms with Crippen LogP contribution in [-0.2, 0) is 32.6 Å². The number of carbonyl (C=O) groups is 2. The van der Waals surface area contributed by atoms with Crippen LogP contribution < -0.4 is 9.62 Å². The second kappa shape index (κ2) is 14.1. The van der Waals surface area contributed by atoms with Gasteiger partial charge in [-0.15, -0.1) is 0 Å². The molecule has 0 saturated heterocycles. The second-order valence-electron chi connectivity index (χ2n) is 11.1. The third-order valence-electron chi connectivity index (χ3n) is 6.35. The Kier molecular flexibility index (Phi) is 11.1. The minimum absolute atomic E-state index is 0.0499. The summed E-state index contributed by atoms with van der Waals surface area (Å²) < 4.78 is 53.3. The summed E-state index contributed by atoms with van der Waals surface area (Å²) >= 11 is 6.21. The minimum Gasteiger partial charge on any atom is -0.350 e. The Balaban J connectivity index is 1.91. The number of anilines is 1. The van der Waals surface area contributed by atoms with Crippen LogP contribution in [0, 0.1) is 11.6 Å². The lowest BCUT2D eigenvalue weighted by Crippen LogP contribution is -2.54. The summed E-state index contributed by atoms with van der Waals surface area (Å²) in [5, 5.41) is 3.47. The number of carbonyl (C=O) groups excluding carboxylic acids is 2. The molecule has 3 aromatic rings. The van der Waals surface area contributed by atoms with Gasteiger partial charge in [-0.05, 0) is 62.6 Å². The van der Waals surface area contributed by atoms with Crippen molar-refractivity contribution in [2.45, 2.75) is 58.2 Å². The molecule has 42 heavy (non-hydrogen) atoms. The zero-order valence-electron chi connectivity index (χ0n) is 24.1. The molecule has 0 aliphatic carbocycles. The van der Waals surface area contributed by atoms with Crippen molar-refractivity contribution in [3.05, 3.63) is 101 Å². The second-order valence-corrected chi connectivity index (χ2v) is 13.5. The van der Waals surface area contributed by atoms with E-state index >= 15 is 0 Å². The van der Waals surface area contributed by atoms with Crippen LogP contribution in [0.4, 0.5) is 14.5 Å². The molecule has 226 valence electrons. The van der Waals surface area contributed by atoms with E-state index in [1.165, 1.54) is 11.0 Å². The van der Waals surface area contributed by atoms with Gasteiger partial charge in [0.1, 0.15) is 6.04 Å². The molecule has 0 saturated carbocycles. The van der Waals surface area contributed by atoms with Gasteiger partial charge in [0.05, 0.1) is 11.9 Å². The fourth-order valence-corrected chi connectivity index (χ4v) is 5.65. The maximum Gasteiger partial charge on any atom is 0.243 e. The molecule has 0 heterocycles. The number of nitrogens with one attached hydrogen (secondary N) is 1. The zero-order valence-corrected chi connectivity index (χ0v) is 25.7. The summed E-state index contributed by atoms with van der Waals surface area (Å²) in [6, 6.07) is 18.3. The van der Waals surface area contributed by atoms with Crippen LogP contribution in [0.15, 0.2) is 72.8 Å². The van der Waals surface area contributed by atoms with Crippen LogP contribution in [-0.4, -0.2) is 49.5 Å². The molecule has 1 N–H and O–H groups in total. The van der Waals surface area contributed by atoms with Crippen molar-refractivity contribution < 1.29 is 26.8 Å². The first-order valence-corrected chi connectivity index (χ1v) is 15.7. The Morgan fingerprint density at radius 2 is 1.60 bits per heavy atom. The molecule has 1 atom stereocenters. The number of hydrogen-bond acceptors (Lipinski definition) is 4. The van der Waals surface area contributed by atoms with Crippen LogP contribution in [0.5, 0.6) is 0 Å². The Labute approximate surface area is 251 Å². The highest BCUT2D eigenvalue weighted by atomic mass is 35.5. The normalized spacial score (nSPS) is 12.5. The first-order chi connectivity index (χ1) is 19.6. The molecule has 3 aromatic carbocycles. The molecule has 0 aromatic heterocycles. The van der Waals surface area contributed by atoms with E-state index in [9.17, 15) is 26.8 Å². The lowest BCUT2D eigenvalue weighted by atomic mass is 10.00. The molecular formula is C31H36ClF2N3O4S. The Morgan fingerprint density at radius 1 is 0.929 bits per heavy atom. The molecular weight excluding hydrogens is 584 g/mol. The molecule has 0 fully saturated rings. The van der Waals surface area contributed by atoms with Gasteiger partial charge >= 0.3 is 0 Å². The summed E-state index contributed by atoms with van der Waals surface area (Å²) in [4.78, 5) is 29.0. The predicted molar refractivity (Wildman–Crippen MR) is 162 cm³/mol. The molecule has 2 amide bonds. The number of sulfonamides is 1. The monoisotopic (exact) mass is 619 g/mol. The zero-order chi connectivity index (χ0) is 31.1. The van der Waals surface area contributed by atoms with Crippen molar-refractivity contribution in [3.8, 4) is 0 Å². The van der Waals surface area contributed by atoms with E-state index < -0.39 is 33.2 Å². The first kappa shape index (κ1) is 33.0. The number of nitrogens with zero attached hydrogens (tertiary/aromatic N) is 2. The summed E-state index contributed by atoms with van der Waals surface area (Å²) in [7, 11) is -3.87. The van der Waals surface area contributed by atoms with Gasteiger partial charge in [-0.2, -0.15) is 0 Å². The SMILES string of the molecule is CC(C)(C)NC(=O)[C@H](Cc1ccccc1)N(Cc1cccc(Cl)c1)C(=O)CCCN(c1ccc(F)c(F)c1)S(C)(=O)=O. The standard InChI is InChI=1S/C31H36ClF2N3O4S/c1-31(2,3)35-30(39)28(19-22-10-6-5-7-11-22)36(21-23-12-8-13-24(32)18-23)29(38)14-9-17-37(42(4,40)41)25-15-16-26(33)27(34)20-25/h5-8,10-13,15-16,18,20,28H,9,14,17,19,21H2,1-4H3,(H,35,39)/t28-/m0/s1. The van der Waals surface area contributed by atoms with Gasteiger partial charge in [-0.1, -0.05) is 54.1 Å². The van der Waals surface area contributed by atoms with Crippen molar-refractivity contribution in [2.75, 3.05) is 17.1 Å². The van der Waals surface area contributed by atoms with Crippen molar-refractivity contribution in [1.82, 2.24) is 10.2 Å². The van der Waals surface area contributed by atoms with Crippen molar-refractivity contribution >= 4 is 39.1 Å². The largest absolute Gasteiger partial charge is 0.350 e. The smallest absolute Gasteiger partial charge is 0.243 e. The van der Waals surface area contributed by atoms with Gasteiger partial charge in [0, 0.05) is 42.6 Å². The summed E-state index contributed by atoms with van der Waals surface area (Å²) in [6.07, 6.45) is 1.16. The number of hydrogen-bond donors (Lipinski definition) is 1. The molecule has 0 radical (unpaired) electrons. The maximum absolute atomic E-state index is 13.9. The number of amides is 2. The minimum atomic E-state index is -3.87. The van der Waals surface area contributed by atoms with Crippen molar-refractivity contribution in [1.29, 1.82) is 0 Å². The third-order valence-corrected chi connectivity index (χ3v) is 7.78. The molecule has 11 heteroatoms. The summed E-state index contributed by atoms with van der Waals surface area (Å²) in [5.41, 5.74) is 0.970. The Bertz CT molecular complexity index is 1500. The molecule has 0 bridgehead atoms. The van der Waals surface area contributed by atoms with Gasteiger partial charge in [-0.3, -0.25) is 13.9 Å². The number of halogens is 3. The third kappa shape index (κ3) is 9.80. The lowest BCUT2D eigenvalue weighted by Gasteiger charge is -2.34. The molecule has 0 spiro atoms. The van der Waals surface area contributed by atoms with Gasteiger partial charge in [0.25, 0.3) is 0 Å². The van der Waals surface area contributed by atoms with Crippen LogP contribution in [0.3, 0.4) is 0 Å². The van der Waals surface area contributed by atoms with E-state index in [0.717, 1.165) is 33.8 Å². The predicted octanol–water partition coefficient (Wildman–Crippen LogP) is 5.72. The van der Waals surface area contributed by atoms with Crippen molar-refractivity contribution in [3.63, 3.8) is 0 Å². The summed E-state index contributed by atoms with van der Waals surface area (Å²) in [5.74, 6) is -2.99. The van der Waals surface area contributed by atoms with Crippen LogP contribution >= 0.6 is 11.6 Å². The highest BCUT2D eigenvalue weighted by Crippen LogP contribution is 2.23. The highest BCUT2D eigenvalue weighted by Gasteiger charge is 2.32. The fourth-order valence-electron chi connectivity index (χ4n) is 4.48. The van der Waals surface area contributed by atoms with E-state index in [1.54, 1.807) is 18.2 Å². The first-order valence-electron chi connectivity index (χ1n) is 13.5. The van der Waals surface area contributed by atoms with E-state index in [0.29, 0.717) is 5.02 Å². The van der Waals surface area contributed by atoms with E-state index in [-0.39, 0.29) is 49.9 Å². The van der Waals surface area contributed by atoms with E-state index in [2.05, 4.69) is 5.32 Å². The Morgan fingerprint density at radius 3 is 2.19 bits per heavy atom. The fraction of sp³-hybridized carbons (Fsp3) is 0.355. The molecule has 7 nitrogen and oxygen atoms in total. The topological polar surface area (TPSA) is 86.8 Å². The van der Waals surface area contributed by atoms with Gasteiger partial charge in [0.15, 0.2) is 11.6 Å². The molecule has 0 aliphatic rings. The number of rotatable bonds is 12. The molecule has 0 aliphatic heterocycles. The van der Waals surface area contributed by atoms with Crippen LogP contribution in [0.1, 0.15) is 44.7 Å². The average molecular weight is 620 g/mol. The number of benzene rings is 3. The van der Waals surface area contributed by atoms with Crippen LogP contribution in [0.25, 0.3) is 0 Å². The molecule has 3 rings (SSSR count). The molecule has 0 unspecified atom stereocenters.